The molecule has 0 bridgehead atoms. The zero-order valence-corrected chi connectivity index (χ0v) is 21.6. The summed E-state index contributed by atoms with van der Waals surface area (Å²) in [6.07, 6.45) is 1.92. The average molecular weight is 504 g/mol. The third kappa shape index (κ3) is 5.47. The zero-order chi connectivity index (χ0) is 24.9. The number of hydrogen-bond donors (Lipinski definition) is 0. The number of fused-ring (bicyclic) bond motifs is 1. The molecule has 1 fully saturated rings. The first-order valence-corrected chi connectivity index (χ1v) is 13.5. The Labute approximate surface area is 217 Å². The van der Waals surface area contributed by atoms with Crippen molar-refractivity contribution in [2.75, 3.05) is 46.4 Å². The normalized spacial score (nSPS) is 18.1. The third-order valence-corrected chi connectivity index (χ3v) is 8.29. The second-order valence-corrected chi connectivity index (χ2v) is 10.4. The van der Waals surface area contributed by atoms with Gasteiger partial charge in [0, 0.05) is 50.6 Å². The molecule has 3 aromatic rings. The van der Waals surface area contributed by atoms with Crippen LogP contribution in [0.25, 0.3) is 0 Å². The van der Waals surface area contributed by atoms with Gasteiger partial charge in [0.1, 0.15) is 5.75 Å². The number of thiophene rings is 1. The van der Waals surface area contributed by atoms with Crippen LogP contribution in [0, 0.1) is 0 Å². The van der Waals surface area contributed by atoms with Gasteiger partial charge >= 0.3 is 0 Å². The SMILES string of the molecule is COc1ccc(CC(=O)N2CCN(C(=O)CCN3CCc4sccc4C3c3ccccc3)CC2)cc1. The number of carbonyl (C=O) groups is 2. The molecule has 1 saturated heterocycles. The van der Waals surface area contributed by atoms with Crippen LogP contribution in [0.5, 0.6) is 5.75 Å². The fourth-order valence-corrected chi connectivity index (χ4v) is 6.17. The van der Waals surface area contributed by atoms with E-state index in [0.717, 1.165) is 30.8 Å². The molecule has 2 aliphatic rings. The highest BCUT2D eigenvalue weighted by Crippen LogP contribution is 2.37. The van der Waals surface area contributed by atoms with E-state index < -0.39 is 0 Å². The van der Waals surface area contributed by atoms with Crippen LogP contribution in [-0.2, 0) is 22.4 Å². The fraction of sp³-hybridized carbons (Fsp3) is 0.379. The number of carbonyl (C=O) groups excluding carboxylic acids is 2. The number of ether oxygens (including phenoxy) is 1. The van der Waals surface area contributed by atoms with Gasteiger partial charge in [-0.05, 0) is 46.7 Å². The smallest absolute Gasteiger partial charge is 0.227 e. The van der Waals surface area contributed by atoms with Crippen LogP contribution in [-0.4, -0.2) is 72.9 Å². The van der Waals surface area contributed by atoms with Crippen molar-refractivity contribution in [3.8, 4) is 5.75 Å². The number of amides is 2. The Morgan fingerprint density at radius 2 is 1.58 bits per heavy atom. The summed E-state index contributed by atoms with van der Waals surface area (Å²) in [6.45, 7) is 4.09. The summed E-state index contributed by atoms with van der Waals surface area (Å²) in [5.74, 6) is 1.08. The van der Waals surface area contributed by atoms with Crippen molar-refractivity contribution >= 4 is 23.2 Å². The number of benzene rings is 2. The molecule has 2 aromatic carbocycles. The minimum atomic E-state index is 0.109. The van der Waals surface area contributed by atoms with Gasteiger partial charge in [-0.25, -0.2) is 0 Å². The van der Waals surface area contributed by atoms with Crippen LogP contribution in [0.15, 0.2) is 66.0 Å². The van der Waals surface area contributed by atoms with E-state index in [0.29, 0.717) is 39.0 Å². The van der Waals surface area contributed by atoms with Gasteiger partial charge in [-0.3, -0.25) is 14.5 Å². The van der Waals surface area contributed by atoms with E-state index in [1.54, 1.807) is 7.11 Å². The summed E-state index contributed by atoms with van der Waals surface area (Å²) in [6, 6.07) is 20.7. The maximum Gasteiger partial charge on any atom is 0.227 e. The first-order valence-electron chi connectivity index (χ1n) is 12.7. The van der Waals surface area contributed by atoms with Crippen molar-refractivity contribution in [1.82, 2.24) is 14.7 Å². The average Bonchev–Trinajstić information content (AvgIpc) is 3.41. The van der Waals surface area contributed by atoms with Gasteiger partial charge in [0.15, 0.2) is 0 Å². The van der Waals surface area contributed by atoms with E-state index >= 15 is 0 Å². The number of methoxy groups -OCH3 is 1. The molecule has 6 nitrogen and oxygen atoms in total. The van der Waals surface area contributed by atoms with Crippen molar-refractivity contribution in [3.05, 3.63) is 87.6 Å². The second-order valence-electron chi connectivity index (χ2n) is 9.43. The standard InChI is InChI=1S/C29H33N3O3S/c1-35-24-9-7-22(8-10-24)21-28(34)31-18-16-30(17-19-31)27(33)12-15-32-14-11-26-25(13-20-36-26)29(32)23-5-3-2-4-6-23/h2-10,13,20,29H,11-12,14-19,21H2,1H3. The molecule has 0 saturated carbocycles. The van der Waals surface area contributed by atoms with E-state index in [9.17, 15) is 9.59 Å². The minimum Gasteiger partial charge on any atom is -0.497 e. The van der Waals surface area contributed by atoms with E-state index in [1.165, 1.54) is 16.0 Å². The highest BCUT2D eigenvalue weighted by Gasteiger charge is 2.30. The van der Waals surface area contributed by atoms with Crippen LogP contribution < -0.4 is 4.74 Å². The maximum atomic E-state index is 13.1. The number of hydrogen-bond acceptors (Lipinski definition) is 5. The molecule has 188 valence electrons. The fourth-order valence-electron chi connectivity index (χ4n) is 5.27. The number of nitrogens with zero attached hydrogens (tertiary/aromatic N) is 3. The first-order chi connectivity index (χ1) is 17.6. The van der Waals surface area contributed by atoms with Gasteiger partial charge < -0.3 is 14.5 Å². The Bertz CT molecular complexity index is 1170. The number of rotatable bonds is 7. The van der Waals surface area contributed by atoms with Crippen molar-refractivity contribution in [1.29, 1.82) is 0 Å². The largest absolute Gasteiger partial charge is 0.497 e. The summed E-state index contributed by atoms with van der Waals surface area (Å²) in [7, 11) is 1.63. The van der Waals surface area contributed by atoms with E-state index in [1.807, 2.05) is 45.4 Å². The van der Waals surface area contributed by atoms with Gasteiger partial charge in [0.05, 0.1) is 19.6 Å². The monoisotopic (exact) mass is 503 g/mol. The Kier molecular flexibility index (Phi) is 7.68. The van der Waals surface area contributed by atoms with Gasteiger partial charge in [0.25, 0.3) is 0 Å². The Morgan fingerprint density at radius 3 is 2.28 bits per heavy atom. The van der Waals surface area contributed by atoms with Crippen LogP contribution in [0.2, 0.25) is 0 Å². The minimum absolute atomic E-state index is 0.109. The van der Waals surface area contributed by atoms with Crippen LogP contribution >= 0.6 is 11.3 Å². The topological polar surface area (TPSA) is 53.1 Å². The molecule has 3 heterocycles. The molecule has 1 atom stereocenters. The lowest BCUT2D eigenvalue weighted by atomic mass is 9.93. The van der Waals surface area contributed by atoms with Crippen molar-refractivity contribution in [2.24, 2.45) is 0 Å². The molecule has 1 aromatic heterocycles. The van der Waals surface area contributed by atoms with Gasteiger partial charge in [0.2, 0.25) is 11.8 Å². The summed E-state index contributed by atoms with van der Waals surface area (Å²) < 4.78 is 5.19. The summed E-state index contributed by atoms with van der Waals surface area (Å²) in [5, 5.41) is 2.19. The van der Waals surface area contributed by atoms with E-state index in [2.05, 4.69) is 46.7 Å². The highest BCUT2D eigenvalue weighted by molar-refractivity contribution is 7.10. The molecule has 0 aliphatic carbocycles. The molecule has 1 unspecified atom stereocenters. The maximum absolute atomic E-state index is 13.1. The molecule has 0 radical (unpaired) electrons. The molecule has 36 heavy (non-hydrogen) atoms. The number of piperazine rings is 1. The lowest BCUT2D eigenvalue weighted by molar-refractivity contribution is -0.139. The lowest BCUT2D eigenvalue weighted by Crippen LogP contribution is -2.51. The summed E-state index contributed by atoms with van der Waals surface area (Å²) in [5.41, 5.74) is 3.64. The Balaban J connectivity index is 1.13. The molecular formula is C29H33N3O3S. The first kappa shape index (κ1) is 24.5. The lowest BCUT2D eigenvalue weighted by Gasteiger charge is -2.38. The van der Waals surface area contributed by atoms with Crippen molar-refractivity contribution in [3.63, 3.8) is 0 Å². The quantitative estimate of drug-likeness (QED) is 0.489. The molecule has 2 amide bonds. The summed E-state index contributed by atoms with van der Waals surface area (Å²) in [4.78, 5) is 33.6. The highest BCUT2D eigenvalue weighted by atomic mass is 32.1. The van der Waals surface area contributed by atoms with Crippen molar-refractivity contribution < 1.29 is 14.3 Å². The van der Waals surface area contributed by atoms with E-state index in [4.69, 9.17) is 4.74 Å². The predicted octanol–water partition coefficient (Wildman–Crippen LogP) is 4.01. The summed E-state index contributed by atoms with van der Waals surface area (Å²) >= 11 is 1.84. The predicted molar refractivity (Wildman–Crippen MR) is 142 cm³/mol. The molecule has 7 heteroatoms. The van der Waals surface area contributed by atoms with Gasteiger partial charge in [-0.1, -0.05) is 42.5 Å². The Hall–Kier alpha value is -3.16. The van der Waals surface area contributed by atoms with Crippen molar-refractivity contribution in [2.45, 2.75) is 25.3 Å². The second kappa shape index (κ2) is 11.3. The van der Waals surface area contributed by atoms with Crippen LogP contribution in [0.1, 0.15) is 34.0 Å². The van der Waals surface area contributed by atoms with Crippen LogP contribution in [0.4, 0.5) is 0 Å². The van der Waals surface area contributed by atoms with Crippen LogP contribution in [0.3, 0.4) is 0 Å². The third-order valence-electron chi connectivity index (χ3n) is 7.29. The molecular weight excluding hydrogens is 470 g/mol. The van der Waals surface area contributed by atoms with E-state index in [-0.39, 0.29) is 17.9 Å². The molecule has 2 aliphatic heterocycles. The molecule has 0 N–H and O–H groups in total. The Morgan fingerprint density at radius 1 is 0.889 bits per heavy atom. The zero-order valence-electron chi connectivity index (χ0n) is 20.8. The van der Waals surface area contributed by atoms with Gasteiger partial charge in [-0.15, -0.1) is 11.3 Å². The molecule has 0 spiro atoms. The van der Waals surface area contributed by atoms with Gasteiger partial charge in [-0.2, -0.15) is 0 Å². The molecule has 5 rings (SSSR count).